The van der Waals surface area contributed by atoms with E-state index in [9.17, 15) is 14.7 Å². The van der Waals surface area contributed by atoms with Gasteiger partial charge >= 0.3 is 5.97 Å². The zero-order valence-electron chi connectivity index (χ0n) is 11.4. The Hall–Kier alpha value is -1.88. The van der Waals surface area contributed by atoms with Crippen LogP contribution >= 0.6 is 0 Å². The molecule has 0 bridgehead atoms. The molecular formula is C15H20N2O3. The average Bonchev–Trinajstić information content (AvgIpc) is 2.45. The van der Waals surface area contributed by atoms with Crippen LogP contribution in [0.25, 0.3) is 0 Å². The van der Waals surface area contributed by atoms with Gasteiger partial charge in [-0.25, -0.2) is 0 Å². The number of aliphatic carboxylic acids is 1. The van der Waals surface area contributed by atoms with Gasteiger partial charge in [-0.3, -0.25) is 14.5 Å². The molecule has 5 nitrogen and oxygen atoms in total. The van der Waals surface area contributed by atoms with E-state index in [1.807, 2.05) is 35.2 Å². The number of nitrogens with two attached hydrogens (primary N) is 1. The normalized spacial score (nSPS) is 21.3. The number of primary amides is 1. The van der Waals surface area contributed by atoms with E-state index in [2.05, 4.69) is 0 Å². The lowest BCUT2D eigenvalue weighted by Gasteiger charge is -2.35. The minimum atomic E-state index is -0.870. The second kappa shape index (κ2) is 6.52. The smallest absolute Gasteiger partial charge is 0.312 e. The Morgan fingerprint density at radius 2 is 2.00 bits per heavy atom. The van der Waals surface area contributed by atoms with E-state index in [1.165, 1.54) is 0 Å². The van der Waals surface area contributed by atoms with Gasteiger partial charge in [-0.15, -0.1) is 0 Å². The van der Waals surface area contributed by atoms with Crippen LogP contribution in [0.15, 0.2) is 30.3 Å². The monoisotopic (exact) mass is 276 g/mol. The Labute approximate surface area is 118 Å². The van der Waals surface area contributed by atoms with Crippen molar-refractivity contribution in [2.75, 3.05) is 13.1 Å². The summed E-state index contributed by atoms with van der Waals surface area (Å²) in [6.45, 7) is 1.05. The van der Waals surface area contributed by atoms with Gasteiger partial charge in [0.25, 0.3) is 0 Å². The predicted octanol–water partition coefficient (Wildman–Crippen LogP) is 1.19. The van der Waals surface area contributed by atoms with Crippen molar-refractivity contribution in [1.82, 2.24) is 4.90 Å². The highest BCUT2D eigenvalue weighted by Gasteiger charge is 2.31. The summed E-state index contributed by atoms with van der Waals surface area (Å²) in [6.07, 6.45) is 2.66. The fourth-order valence-electron chi connectivity index (χ4n) is 2.78. The van der Waals surface area contributed by atoms with Gasteiger partial charge in [-0.2, -0.15) is 0 Å². The fraction of sp³-hybridized carbons (Fsp3) is 0.467. The number of nitrogens with zero attached hydrogens (tertiary/aromatic N) is 1. The van der Waals surface area contributed by atoms with Crippen molar-refractivity contribution < 1.29 is 14.7 Å². The van der Waals surface area contributed by atoms with Crippen LogP contribution in [0.2, 0.25) is 0 Å². The lowest BCUT2D eigenvalue weighted by molar-refractivity contribution is -0.140. The van der Waals surface area contributed by atoms with Crippen molar-refractivity contribution in [2.45, 2.75) is 31.2 Å². The number of hydrogen-bond acceptors (Lipinski definition) is 3. The minimum absolute atomic E-state index is 0.326. The lowest BCUT2D eigenvalue weighted by atomic mass is 9.95. The number of piperidine rings is 1. The van der Waals surface area contributed by atoms with Gasteiger partial charge in [-0.1, -0.05) is 36.8 Å². The van der Waals surface area contributed by atoms with Crippen LogP contribution in [0, 0.1) is 0 Å². The standard InChI is InChI=1S/C15H20N2O3/c16-14(18)13-8-4-5-9-17(13)10-12(15(19)20)11-6-2-1-3-7-11/h1-3,6-7,12-13H,4-5,8-10H2,(H2,16,18)(H,19,20). The van der Waals surface area contributed by atoms with Crippen LogP contribution in [-0.4, -0.2) is 41.0 Å². The Balaban J connectivity index is 2.15. The molecule has 1 fully saturated rings. The molecule has 0 aromatic heterocycles. The summed E-state index contributed by atoms with van der Waals surface area (Å²) in [5.74, 6) is -1.86. The first kappa shape index (κ1) is 14.5. The second-order valence-corrected chi connectivity index (χ2v) is 5.21. The molecule has 0 aliphatic carbocycles. The first-order valence-corrected chi connectivity index (χ1v) is 6.90. The maximum Gasteiger partial charge on any atom is 0.312 e. The van der Waals surface area contributed by atoms with Crippen LogP contribution in [0.1, 0.15) is 30.7 Å². The van der Waals surface area contributed by atoms with Crippen molar-refractivity contribution >= 4 is 11.9 Å². The quantitative estimate of drug-likeness (QED) is 0.846. The molecule has 1 heterocycles. The van der Waals surface area contributed by atoms with Gasteiger partial charge in [0.05, 0.1) is 12.0 Å². The number of carbonyl (C=O) groups is 2. The number of carbonyl (C=O) groups excluding carboxylic acids is 1. The summed E-state index contributed by atoms with van der Waals surface area (Å²) in [6, 6.07) is 8.79. The highest BCUT2D eigenvalue weighted by molar-refractivity contribution is 5.80. The topological polar surface area (TPSA) is 83.6 Å². The Kier molecular flexibility index (Phi) is 4.74. The third-order valence-corrected chi connectivity index (χ3v) is 3.86. The highest BCUT2D eigenvalue weighted by Crippen LogP contribution is 2.23. The Morgan fingerprint density at radius 3 is 2.60 bits per heavy atom. The number of hydrogen-bond donors (Lipinski definition) is 2. The number of benzene rings is 1. The van der Waals surface area contributed by atoms with Crippen LogP contribution in [0.3, 0.4) is 0 Å². The summed E-state index contributed by atoms with van der Waals surface area (Å²) in [7, 11) is 0. The van der Waals surface area contributed by atoms with Gasteiger partial charge in [0.2, 0.25) is 5.91 Å². The third-order valence-electron chi connectivity index (χ3n) is 3.86. The molecule has 5 heteroatoms. The molecule has 1 aliphatic rings. The van der Waals surface area contributed by atoms with Crippen LogP contribution in [0.5, 0.6) is 0 Å². The molecule has 0 saturated carbocycles. The molecule has 108 valence electrons. The molecule has 1 aliphatic heterocycles. The third kappa shape index (κ3) is 3.36. The van der Waals surface area contributed by atoms with E-state index in [4.69, 9.17) is 5.73 Å². The van der Waals surface area contributed by atoms with Crippen molar-refractivity contribution in [2.24, 2.45) is 5.73 Å². The SMILES string of the molecule is NC(=O)C1CCCCN1CC(C(=O)O)c1ccccc1. The molecular weight excluding hydrogens is 256 g/mol. The molecule has 1 aromatic rings. The summed E-state index contributed by atoms with van der Waals surface area (Å²) >= 11 is 0. The number of carboxylic acid groups (broad SMARTS) is 1. The van der Waals surface area contributed by atoms with Crippen molar-refractivity contribution in [3.63, 3.8) is 0 Å². The van der Waals surface area contributed by atoms with E-state index >= 15 is 0 Å². The maximum atomic E-state index is 11.5. The fourth-order valence-corrected chi connectivity index (χ4v) is 2.78. The number of likely N-dealkylation sites (tertiary alicyclic amines) is 1. The van der Waals surface area contributed by atoms with E-state index in [-0.39, 0.29) is 11.9 Å². The van der Waals surface area contributed by atoms with Gasteiger partial charge in [0.1, 0.15) is 0 Å². The molecule has 1 amide bonds. The minimum Gasteiger partial charge on any atom is -0.481 e. The van der Waals surface area contributed by atoms with Gasteiger partial charge in [0, 0.05) is 6.54 Å². The van der Waals surface area contributed by atoms with Crippen molar-refractivity contribution in [3.05, 3.63) is 35.9 Å². The first-order valence-electron chi connectivity index (χ1n) is 6.90. The summed E-state index contributed by atoms with van der Waals surface area (Å²) in [5.41, 5.74) is 6.18. The van der Waals surface area contributed by atoms with Crippen LogP contribution < -0.4 is 5.73 Å². The number of amides is 1. The van der Waals surface area contributed by atoms with E-state index in [0.29, 0.717) is 6.54 Å². The van der Waals surface area contributed by atoms with Crippen molar-refractivity contribution in [3.8, 4) is 0 Å². The molecule has 0 radical (unpaired) electrons. The predicted molar refractivity (Wildman–Crippen MR) is 75.2 cm³/mol. The zero-order valence-corrected chi connectivity index (χ0v) is 11.4. The molecule has 2 unspecified atom stereocenters. The molecule has 1 aromatic carbocycles. The molecule has 20 heavy (non-hydrogen) atoms. The average molecular weight is 276 g/mol. The molecule has 0 spiro atoms. The zero-order chi connectivity index (χ0) is 14.5. The molecule has 1 saturated heterocycles. The maximum absolute atomic E-state index is 11.5. The molecule has 3 N–H and O–H groups in total. The summed E-state index contributed by atoms with van der Waals surface area (Å²) in [4.78, 5) is 24.9. The summed E-state index contributed by atoms with van der Waals surface area (Å²) in [5, 5.41) is 9.44. The second-order valence-electron chi connectivity index (χ2n) is 5.21. The van der Waals surface area contributed by atoms with Gasteiger partial charge < -0.3 is 10.8 Å². The Morgan fingerprint density at radius 1 is 1.30 bits per heavy atom. The number of rotatable bonds is 5. The first-order chi connectivity index (χ1) is 9.59. The van der Waals surface area contributed by atoms with Crippen LogP contribution in [0.4, 0.5) is 0 Å². The Bertz CT molecular complexity index is 475. The van der Waals surface area contributed by atoms with Gasteiger partial charge in [-0.05, 0) is 24.9 Å². The van der Waals surface area contributed by atoms with Gasteiger partial charge in [0.15, 0.2) is 0 Å². The lowest BCUT2D eigenvalue weighted by Crippen LogP contribution is -2.49. The summed E-state index contributed by atoms with van der Waals surface area (Å²) < 4.78 is 0. The molecule has 2 atom stereocenters. The largest absolute Gasteiger partial charge is 0.481 e. The number of carboxylic acids is 1. The van der Waals surface area contributed by atoms with E-state index < -0.39 is 11.9 Å². The van der Waals surface area contributed by atoms with Crippen LogP contribution in [-0.2, 0) is 9.59 Å². The van der Waals surface area contributed by atoms with E-state index in [1.54, 1.807) is 0 Å². The highest BCUT2D eigenvalue weighted by atomic mass is 16.4. The van der Waals surface area contributed by atoms with E-state index in [0.717, 1.165) is 31.4 Å². The molecule has 2 rings (SSSR count). The van der Waals surface area contributed by atoms with Crippen molar-refractivity contribution in [1.29, 1.82) is 0 Å².